The van der Waals surface area contributed by atoms with Crippen molar-refractivity contribution >= 4 is 34.3 Å². The minimum atomic E-state index is -2.55. The standard InChI is InChI=1S/C53H78N2O13/c1-10-37-26-32(3)47(58)33(4)27-45(64-8)49-46(65-9)28-35(6)53(62,68-49)50(59)51(60)55-21-12-11-13-41(55)52(61)67-48(31(2)14-18-42(37)57)34(5)25-36-15-19-43(44(29-36)63-7)66-39-16-17-40-38(30-39)20-22-54(40)23-24-56/h16-17,20,22,25-26,30-31,33,35-37,41,43-49,56,58,62H,10-15,18-19,21,23-24,27-29H2,1-9H3. The molecule has 2 bridgehead atoms. The van der Waals surface area contributed by atoms with E-state index < -0.39 is 77.8 Å². The topological polar surface area (TPSA) is 193 Å². The van der Waals surface area contributed by atoms with Gasteiger partial charge in [0, 0.05) is 69.8 Å². The molecule has 2 saturated heterocycles. The molecule has 15 heteroatoms. The summed E-state index contributed by atoms with van der Waals surface area (Å²) in [5, 5.41) is 34.2. The molecule has 1 saturated carbocycles. The van der Waals surface area contributed by atoms with Crippen LogP contribution in [-0.2, 0) is 49.4 Å². The van der Waals surface area contributed by atoms with Crippen molar-refractivity contribution in [2.75, 3.05) is 34.5 Å². The van der Waals surface area contributed by atoms with Gasteiger partial charge in [0.15, 0.2) is 0 Å². The third-order valence-corrected chi connectivity index (χ3v) is 15.4. The molecule has 4 aliphatic rings. The van der Waals surface area contributed by atoms with Crippen LogP contribution in [0.2, 0.25) is 0 Å². The highest BCUT2D eigenvalue weighted by Gasteiger charge is 2.56. The number of aliphatic hydroxyl groups excluding tert-OH is 2. The SMILES string of the molecule is CCC1C=C(C)C(O)C(C)CC(OC)C2OC(O)(C(=O)C(=O)N3CCCCC3C(=O)OC(C(C)=CC3CCC(Oc4ccc5c(ccn5CCO)c4)C(OC)C3)C(C)CCC1=O)C(C)CC2OC. The molecular weight excluding hydrogens is 873 g/mol. The number of ether oxygens (including phenoxy) is 6. The maximum Gasteiger partial charge on any atom is 0.329 e. The summed E-state index contributed by atoms with van der Waals surface area (Å²) in [7, 11) is 4.67. The van der Waals surface area contributed by atoms with Crippen LogP contribution in [0.4, 0.5) is 0 Å². The number of methoxy groups -OCH3 is 3. The number of carbonyl (C=O) groups is 4. The van der Waals surface area contributed by atoms with Crippen molar-refractivity contribution in [3.05, 3.63) is 53.8 Å². The summed E-state index contributed by atoms with van der Waals surface area (Å²) in [5.41, 5.74) is 2.46. The number of allylic oxidation sites excluding steroid dienone is 2. The first-order chi connectivity index (χ1) is 32.5. The maximum atomic E-state index is 14.6. The molecule has 378 valence electrons. The molecule has 3 fully saturated rings. The van der Waals surface area contributed by atoms with E-state index in [9.17, 15) is 34.5 Å². The van der Waals surface area contributed by atoms with Gasteiger partial charge in [0.25, 0.3) is 11.7 Å². The van der Waals surface area contributed by atoms with Gasteiger partial charge in [0.1, 0.15) is 35.9 Å². The highest BCUT2D eigenvalue weighted by atomic mass is 16.7. The van der Waals surface area contributed by atoms with Gasteiger partial charge < -0.3 is 53.2 Å². The van der Waals surface area contributed by atoms with Crippen LogP contribution in [0.1, 0.15) is 112 Å². The largest absolute Gasteiger partial charge is 0.488 e. The van der Waals surface area contributed by atoms with Crippen LogP contribution in [0.15, 0.2) is 53.8 Å². The molecular formula is C53H78N2O13. The Kier molecular flexibility index (Phi) is 18.7. The van der Waals surface area contributed by atoms with Gasteiger partial charge in [-0.1, -0.05) is 39.8 Å². The summed E-state index contributed by atoms with van der Waals surface area (Å²) in [4.78, 5) is 58.5. The molecule has 14 atom stereocenters. The van der Waals surface area contributed by atoms with E-state index in [1.54, 1.807) is 21.0 Å². The van der Waals surface area contributed by atoms with Gasteiger partial charge >= 0.3 is 5.97 Å². The fourth-order valence-electron chi connectivity index (χ4n) is 11.2. The van der Waals surface area contributed by atoms with E-state index in [-0.39, 0.29) is 68.7 Å². The molecule has 3 N–H and O–H groups in total. The third-order valence-electron chi connectivity index (χ3n) is 15.4. The number of rotatable bonds is 10. The molecule has 1 aromatic carbocycles. The number of hydrogen-bond donors (Lipinski definition) is 3. The van der Waals surface area contributed by atoms with Gasteiger partial charge in [-0.25, -0.2) is 4.79 Å². The summed E-state index contributed by atoms with van der Waals surface area (Å²) in [5.74, 6) is -6.61. The van der Waals surface area contributed by atoms with Crippen molar-refractivity contribution in [2.45, 2.75) is 173 Å². The second-order valence-corrected chi connectivity index (χ2v) is 20.1. The van der Waals surface area contributed by atoms with Crippen LogP contribution in [0, 0.1) is 29.6 Å². The molecule has 1 aromatic heterocycles. The molecule has 0 radical (unpaired) electrons. The van der Waals surface area contributed by atoms with Gasteiger partial charge in [-0.15, -0.1) is 0 Å². The number of nitrogens with zero attached hydrogens (tertiary/aromatic N) is 2. The Morgan fingerprint density at radius 1 is 0.897 bits per heavy atom. The summed E-state index contributed by atoms with van der Waals surface area (Å²) >= 11 is 0. The average Bonchev–Trinajstić information content (AvgIpc) is 3.74. The highest BCUT2D eigenvalue weighted by molar-refractivity contribution is 6.39. The zero-order valence-corrected chi connectivity index (χ0v) is 41.8. The Bertz CT molecular complexity index is 2120. The van der Waals surface area contributed by atoms with Gasteiger partial charge in [-0.05, 0) is 131 Å². The van der Waals surface area contributed by atoms with Crippen LogP contribution in [0.25, 0.3) is 10.9 Å². The van der Waals surface area contributed by atoms with Gasteiger partial charge in [0.05, 0.1) is 31.0 Å². The first-order valence-corrected chi connectivity index (χ1v) is 25.0. The van der Waals surface area contributed by atoms with Crippen molar-refractivity contribution in [3.8, 4) is 5.75 Å². The Morgan fingerprint density at radius 3 is 2.31 bits per heavy atom. The van der Waals surface area contributed by atoms with Gasteiger partial charge in [0.2, 0.25) is 5.79 Å². The third kappa shape index (κ3) is 12.0. The number of cyclic esters (lactones) is 1. The lowest BCUT2D eigenvalue weighted by atomic mass is 9.81. The predicted molar refractivity (Wildman–Crippen MR) is 256 cm³/mol. The van der Waals surface area contributed by atoms with E-state index in [1.807, 2.05) is 68.8 Å². The molecule has 14 unspecified atom stereocenters. The molecule has 4 heterocycles. The minimum absolute atomic E-state index is 0.0172. The molecule has 1 aliphatic carbocycles. The number of aromatic nitrogens is 1. The van der Waals surface area contributed by atoms with Crippen molar-refractivity contribution in [2.24, 2.45) is 29.6 Å². The van der Waals surface area contributed by atoms with E-state index in [0.717, 1.165) is 28.6 Å². The average molecular weight is 951 g/mol. The summed E-state index contributed by atoms with van der Waals surface area (Å²) in [6, 6.07) is 6.87. The fraction of sp³-hybridized carbons (Fsp3) is 0.698. The molecule has 2 aromatic rings. The van der Waals surface area contributed by atoms with Crippen molar-refractivity contribution in [1.82, 2.24) is 9.47 Å². The zero-order chi connectivity index (χ0) is 49.4. The monoisotopic (exact) mass is 951 g/mol. The number of benzene rings is 1. The number of hydrogen-bond acceptors (Lipinski definition) is 13. The lowest BCUT2D eigenvalue weighted by Crippen LogP contribution is -2.64. The lowest BCUT2D eigenvalue weighted by Gasteiger charge is -2.47. The number of piperidine rings is 1. The molecule has 6 rings (SSSR count). The van der Waals surface area contributed by atoms with Gasteiger partial charge in [-0.3, -0.25) is 14.4 Å². The van der Waals surface area contributed by atoms with E-state index in [4.69, 9.17) is 28.4 Å². The van der Waals surface area contributed by atoms with Crippen molar-refractivity contribution in [3.63, 3.8) is 0 Å². The normalized spacial score (nSPS) is 35.6. The van der Waals surface area contributed by atoms with E-state index in [0.29, 0.717) is 50.6 Å². The van der Waals surface area contributed by atoms with E-state index >= 15 is 0 Å². The lowest BCUT2D eigenvalue weighted by molar-refractivity contribution is -0.302. The quantitative estimate of drug-likeness (QED) is 0.133. The summed E-state index contributed by atoms with van der Waals surface area (Å²) < 4.78 is 39.0. The van der Waals surface area contributed by atoms with Crippen molar-refractivity contribution in [1.29, 1.82) is 0 Å². The fourth-order valence-corrected chi connectivity index (χ4v) is 11.2. The Balaban J connectivity index is 1.28. The number of fused-ring (bicyclic) bond motifs is 4. The first-order valence-electron chi connectivity index (χ1n) is 25.0. The first kappa shape index (κ1) is 53.4. The van der Waals surface area contributed by atoms with Crippen molar-refractivity contribution < 1.29 is 62.9 Å². The molecule has 68 heavy (non-hydrogen) atoms. The van der Waals surface area contributed by atoms with Crippen LogP contribution in [0.5, 0.6) is 5.75 Å². The molecule has 15 nitrogen and oxygen atoms in total. The predicted octanol–water partition coefficient (Wildman–Crippen LogP) is 6.51. The molecule has 3 aliphatic heterocycles. The summed E-state index contributed by atoms with van der Waals surface area (Å²) in [6.07, 6.45) is 6.61. The zero-order valence-electron chi connectivity index (χ0n) is 41.8. The van der Waals surface area contributed by atoms with Crippen LogP contribution >= 0.6 is 0 Å². The number of ketones is 2. The maximum absolute atomic E-state index is 14.6. The van der Waals surface area contributed by atoms with Crippen LogP contribution < -0.4 is 4.74 Å². The van der Waals surface area contributed by atoms with Crippen LogP contribution in [-0.4, -0.2) is 137 Å². The van der Waals surface area contributed by atoms with Gasteiger partial charge in [-0.2, -0.15) is 0 Å². The van der Waals surface area contributed by atoms with Crippen LogP contribution in [0.3, 0.4) is 0 Å². The van der Waals surface area contributed by atoms with E-state index in [2.05, 4.69) is 6.08 Å². The number of aliphatic hydroxyl groups is 3. The Hall–Kier alpha value is -3.96. The van der Waals surface area contributed by atoms with E-state index in [1.165, 1.54) is 19.1 Å². The smallest absolute Gasteiger partial charge is 0.329 e. The second kappa shape index (κ2) is 23.8. The summed E-state index contributed by atoms with van der Waals surface area (Å²) in [6.45, 7) is 11.8. The molecule has 0 spiro atoms. The number of carbonyl (C=O) groups excluding carboxylic acids is 4. The Morgan fingerprint density at radius 2 is 1.62 bits per heavy atom. The second-order valence-electron chi connectivity index (χ2n) is 20.1. The number of Topliss-reactive ketones (excluding diaryl/α,β-unsaturated/α-hetero) is 2. The highest BCUT2D eigenvalue weighted by Crippen LogP contribution is 2.40. The molecule has 1 amide bonds. The number of amides is 1. The number of esters is 1. The Labute approximate surface area is 402 Å². The minimum Gasteiger partial charge on any atom is -0.488 e.